The number of likely N-dealkylation sites (N-methyl/N-ethyl adjacent to an activating group) is 1. The van der Waals surface area contributed by atoms with Crippen LogP contribution >= 0.6 is 0 Å². The highest BCUT2D eigenvalue weighted by atomic mass is 32.2. The second kappa shape index (κ2) is 9.55. The Morgan fingerprint density at radius 2 is 1.90 bits per heavy atom. The average Bonchev–Trinajstić information content (AvgIpc) is 3.28. The minimum atomic E-state index is -3.59. The minimum Gasteiger partial charge on any atom is -0.367 e. The maximum atomic E-state index is 13.4. The van der Waals surface area contributed by atoms with Crippen LogP contribution in [0.5, 0.6) is 0 Å². The third-order valence-electron chi connectivity index (χ3n) is 6.35. The Morgan fingerprint density at radius 1 is 1.21 bits per heavy atom. The first-order valence-corrected chi connectivity index (χ1v) is 11.9. The highest BCUT2D eigenvalue weighted by Gasteiger charge is 2.37. The SMILES string of the molecule is CNS(=O)(=O)c1cccc([C@H](OC)C(=O)N(C)C2CCCCC2N2CCCC2)c1. The first kappa shape index (κ1) is 22.2. The Morgan fingerprint density at radius 3 is 2.55 bits per heavy atom. The molecule has 29 heavy (non-hydrogen) atoms. The molecule has 3 atom stereocenters. The molecule has 0 bridgehead atoms. The summed E-state index contributed by atoms with van der Waals surface area (Å²) in [5.74, 6) is -0.123. The van der Waals surface area contributed by atoms with Crippen molar-refractivity contribution in [1.29, 1.82) is 0 Å². The maximum Gasteiger partial charge on any atom is 0.256 e. The zero-order chi connectivity index (χ0) is 21.0. The molecule has 2 aliphatic rings. The Kier molecular flexibility index (Phi) is 7.32. The first-order valence-electron chi connectivity index (χ1n) is 10.5. The van der Waals surface area contributed by atoms with E-state index in [0.29, 0.717) is 11.6 Å². The van der Waals surface area contributed by atoms with E-state index in [1.807, 2.05) is 11.9 Å². The molecular weight excluding hydrogens is 390 g/mol. The van der Waals surface area contributed by atoms with Gasteiger partial charge in [-0.25, -0.2) is 13.1 Å². The van der Waals surface area contributed by atoms with Crippen molar-refractivity contribution in [2.45, 2.75) is 61.6 Å². The Bertz CT molecular complexity index is 808. The Balaban J connectivity index is 1.82. The van der Waals surface area contributed by atoms with E-state index in [1.54, 1.807) is 12.1 Å². The monoisotopic (exact) mass is 423 g/mol. The van der Waals surface area contributed by atoms with Gasteiger partial charge in [-0.2, -0.15) is 0 Å². The molecule has 3 rings (SSSR count). The number of methoxy groups -OCH3 is 1. The van der Waals surface area contributed by atoms with Gasteiger partial charge in [0.2, 0.25) is 10.0 Å². The van der Waals surface area contributed by atoms with Crippen LogP contribution in [-0.2, 0) is 19.6 Å². The Labute approximate surface area is 174 Å². The molecule has 162 valence electrons. The van der Waals surface area contributed by atoms with Gasteiger partial charge in [0, 0.05) is 26.2 Å². The molecule has 1 aliphatic carbocycles. The number of carbonyl (C=O) groups is 1. The van der Waals surface area contributed by atoms with Crippen molar-refractivity contribution in [2.75, 3.05) is 34.3 Å². The fourth-order valence-corrected chi connectivity index (χ4v) is 5.52. The van der Waals surface area contributed by atoms with Crippen molar-refractivity contribution < 1.29 is 17.9 Å². The van der Waals surface area contributed by atoms with E-state index in [4.69, 9.17) is 4.74 Å². The molecule has 1 aliphatic heterocycles. The topological polar surface area (TPSA) is 78.9 Å². The predicted octanol–water partition coefficient (Wildman–Crippen LogP) is 2.15. The molecule has 1 saturated heterocycles. The predicted molar refractivity (Wildman–Crippen MR) is 112 cm³/mol. The molecule has 7 nitrogen and oxygen atoms in total. The largest absolute Gasteiger partial charge is 0.367 e. The second-order valence-electron chi connectivity index (χ2n) is 8.01. The molecule has 2 unspecified atom stereocenters. The van der Waals surface area contributed by atoms with E-state index in [-0.39, 0.29) is 16.8 Å². The van der Waals surface area contributed by atoms with E-state index in [2.05, 4.69) is 9.62 Å². The van der Waals surface area contributed by atoms with Gasteiger partial charge in [0.05, 0.1) is 4.90 Å². The fraction of sp³-hybridized carbons (Fsp3) is 0.667. The molecule has 1 aromatic rings. The summed E-state index contributed by atoms with van der Waals surface area (Å²) >= 11 is 0. The molecule has 1 aromatic carbocycles. The van der Waals surface area contributed by atoms with Crippen LogP contribution in [0.15, 0.2) is 29.2 Å². The van der Waals surface area contributed by atoms with Crippen molar-refractivity contribution in [3.8, 4) is 0 Å². The summed E-state index contributed by atoms with van der Waals surface area (Å²) in [6, 6.07) is 6.98. The number of nitrogens with zero attached hydrogens (tertiary/aromatic N) is 2. The molecule has 1 amide bonds. The van der Waals surface area contributed by atoms with Gasteiger partial charge in [-0.05, 0) is 63.5 Å². The quantitative estimate of drug-likeness (QED) is 0.727. The van der Waals surface area contributed by atoms with Gasteiger partial charge in [0.15, 0.2) is 6.10 Å². The van der Waals surface area contributed by atoms with Gasteiger partial charge in [-0.1, -0.05) is 25.0 Å². The van der Waals surface area contributed by atoms with Gasteiger partial charge in [0.25, 0.3) is 5.91 Å². The fourth-order valence-electron chi connectivity index (χ4n) is 4.73. The number of hydrogen-bond donors (Lipinski definition) is 1. The molecule has 1 N–H and O–H groups in total. The minimum absolute atomic E-state index is 0.123. The van der Waals surface area contributed by atoms with Crippen LogP contribution in [0, 0.1) is 0 Å². The lowest BCUT2D eigenvalue weighted by molar-refractivity contribution is -0.145. The van der Waals surface area contributed by atoms with Crippen LogP contribution in [-0.4, -0.2) is 70.5 Å². The summed E-state index contributed by atoms with van der Waals surface area (Å²) in [6.45, 7) is 2.22. The molecule has 1 heterocycles. The number of amides is 1. The van der Waals surface area contributed by atoms with Crippen molar-refractivity contribution in [1.82, 2.24) is 14.5 Å². The molecule has 1 saturated carbocycles. The number of carbonyl (C=O) groups excluding carboxylic acids is 1. The lowest BCUT2D eigenvalue weighted by Crippen LogP contribution is -2.54. The summed E-state index contributed by atoms with van der Waals surface area (Å²) in [5.41, 5.74) is 0.550. The lowest BCUT2D eigenvalue weighted by atomic mass is 9.88. The van der Waals surface area contributed by atoms with Gasteiger partial charge in [0.1, 0.15) is 0 Å². The lowest BCUT2D eigenvalue weighted by Gasteiger charge is -2.43. The summed E-state index contributed by atoms with van der Waals surface area (Å²) in [5, 5.41) is 0. The number of rotatable bonds is 7. The van der Waals surface area contributed by atoms with Crippen molar-refractivity contribution in [2.24, 2.45) is 0 Å². The number of benzene rings is 1. The van der Waals surface area contributed by atoms with Gasteiger partial charge >= 0.3 is 0 Å². The van der Waals surface area contributed by atoms with Crippen molar-refractivity contribution in [3.63, 3.8) is 0 Å². The molecule has 0 spiro atoms. The van der Waals surface area contributed by atoms with E-state index in [9.17, 15) is 13.2 Å². The molecule has 2 fully saturated rings. The standard InChI is InChI=1S/C21H33N3O4S/c1-22-29(26,27)17-10-8-9-16(15-17)20(28-3)21(25)23(2)18-11-4-5-12-19(18)24-13-6-7-14-24/h8-10,15,18-20,22H,4-7,11-14H2,1-3H3/t18?,19?,20-/m0/s1. The highest BCUT2D eigenvalue weighted by Crippen LogP contribution is 2.31. The number of hydrogen-bond acceptors (Lipinski definition) is 5. The zero-order valence-corrected chi connectivity index (χ0v) is 18.5. The van der Waals surface area contributed by atoms with Crippen molar-refractivity contribution in [3.05, 3.63) is 29.8 Å². The van der Waals surface area contributed by atoms with Gasteiger partial charge in [-0.15, -0.1) is 0 Å². The maximum absolute atomic E-state index is 13.4. The van der Waals surface area contributed by atoms with E-state index in [1.165, 1.54) is 45.6 Å². The summed E-state index contributed by atoms with van der Waals surface area (Å²) in [4.78, 5) is 17.9. The number of likely N-dealkylation sites (tertiary alicyclic amines) is 1. The summed E-state index contributed by atoms with van der Waals surface area (Å²) in [6.07, 6.45) is 6.08. The zero-order valence-electron chi connectivity index (χ0n) is 17.6. The number of nitrogens with one attached hydrogen (secondary N) is 1. The third-order valence-corrected chi connectivity index (χ3v) is 7.76. The molecular formula is C21H33N3O4S. The third kappa shape index (κ3) is 4.82. The smallest absolute Gasteiger partial charge is 0.256 e. The van der Waals surface area contributed by atoms with E-state index < -0.39 is 16.1 Å². The first-order chi connectivity index (χ1) is 13.9. The number of sulfonamides is 1. The van der Waals surface area contributed by atoms with E-state index in [0.717, 1.165) is 32.4 Å². The van der Waals surface area contributed by atoms with Crippen LogP contribution in [0.25, 0.3) is 0 Å². The highest BCUT2D eigenvalue weighted by molar-refractivity contribution is 7.89. The normalized spacial score (nSPS) is 24.4. The van der Waals surface area contributed by atoms with Crippen LogP contribution in [0.3, 0.4) is 0 Å². The van der Waals surface area contributed by atoms with Crippen LogP contribution < -0.4 is 4.72 Å². The van der Waals surface area contributed by atoms with E-state index >= 15 is 0 Å². The Hall–Kier alpha value is -1.48. The van der Waals surface area contributed by atoms with Crippen LogP contribution in [0.4, 0.5) is 0 Å². The van der Waals surface area contributed by atoms with Crippen LogP contribution in [0.1, 0.15) is 50.2 Å². The second-order valence-corrected chi connectivity index (χ2v) is 9.89. The molecule has 8 heteroatoms. The summed E-state index contributed by atoms with van der Waals surface area (Å²) in [7, 11) is 1.14. The van der Waals surface area contributed by atoms with Crippen molar-refractivity contribution >= 4 is 15.9 Å². The average molecular weight is 424 g/mol. The summed E-state index contributed by atoms with van der Waals surface area (Å²) < 4.78 is 32.2. The van der Waals surface area contributed by atoms with Gasteiger partial charge < -0.3 is 9.64 Å². The van der Waals surface area contributed by atoms with Crippen LogP contribution in [0.2, 0.25) is 0 Å². The van der Waals surface area contributed by atoms with Gasteiger partial charge in [-0.3, -0.25) is 9.69 Å². The molecule has 0 radical (unpaired) electrons. The number of ether oxygens (including phenoxy) is 1. The molecule has 0 aromatic heterocycles.